The topological polar surface area (TPSA) is 76.4 Å². The Morgan fingerprint density at radius 2 is 1.73 bits per heavy atom. The smallest absolute Gasteiger partial charge is 0.164 e. The van der Waals surface area contributed by atoms with Crippen LogP contribution in [0.15, 0.2) is 83.9 Å². The number of aliphatic imine (C=N–C) groups is 1. The van der Waals surface area contributed by atoms with Gasteiger partial charge in [-0.25, -0.2) is 9.38 Å². The van der Waals surface area contributed by atoms with Gasteiger partial charge in [0.25, 0.3) is 0 Å². The second-order valence-electron chi connectivity index (χ2n) is 7.31. The summed E-state index contributed by atoms with van der Waals surface area (Å²) in [6.07, 6.45) is 0. The number of nitrogens with zero attached hydrogens (tertiary/aromatic N) is 1. The number of nitrogen functional groups attached to an aromatic ring is 1. The van der Waals surface area contributed by atoms with Gasteiger partial charge in [0.15, 0.2) is 5.66 Å². The molecule has 30 heavy (non-hydrogen) atoms. The first kappa shape index (κ1) is 18.6. The Morgan fingerprint density at radius 1 is 0.933 bits per heavy atom. The zero-order valence-corrected chi connectivity index (χ0v) is 16.6. The summed E-state index contributed by atoms with van der Waals surface area (Å²) in [7, 11) is 0. The van der Waals surface area contributed by atoms with Gasteiger partial charge in [-0.2, -0.15) is 0 Å². The normalized spacial score (nSPS) is 17.9. The lowest BCUT2D eigenvalue weighted by Crippen LogP contribution is -2.42. The third-order valence-electron chi connectivity index (χ3n) is 5.40. The van der Waals surface area contributed by atoms with Crippen molar-refractivity contribution < 1.29 is 4.39 Å². The highest BCUT2D eigenvalue weighted by atomic mass is 35.5. The summed E-state index contributed by atoms with van der Waals surface area (Å²) >= 11 is 6.07. The van der Waals surface area contributed by atoms with Crippen molar-refractivity contribution in [2.75, 3.05) is 11.1 Å². The highest BCUT2D eigenvalue weighted by Gasteiger charge is 2.36. The van der Waals surface area contributed by atoms with Crippen LogP contribution in [0.4, 0.5) is 15.8 Å². The van der Waals surface area contributed by atoms with Crippen molar-refractivity contribution in [2.45, 2.75) is 5.66 Å². The van der Waals surface area contributed by atoms with Crippen LogP contribution in [-0.2, 0) is 5.66 Å². The number of benzene rings is 4. The standard InChI is InChI=1S/C24H18ClFN4/c25-20-12-15(8-10-21(20)26)24(28)19-13-16(27)9-11-22(19)29-23(30-24)18-7-3-5-14-4-1-2-6-17(14)18/h1-13H,27-28H2,(H,29,30). The Kier molecular flexibility index (Phi) is 4.24. The van der Waals surface area contributed by atoms with Crippen LogP contribution >= 0.6 is 11.6 Å². The molecule has 5 N–H and O–H groups in total. The molecule has 0 fully saturated rings. The molecule has 4 aromatic rings. The van der Waals surface area contributed by atoms with Gasteiger partial charge >= 0.3 is 0 Å². The maximum absolute atomic E-state index is 13.8. The monoisotopic (exact) mass is 416 g/mol. The molecule has 0 saturated carbocycles. The fourth-order valence-electron chi connectivity index (χ4n) is 3.89. The minimum Gasteiger partial charge on any atom is -0.399 e. The van der Waals surface area contributed by atoms with E-state index in [-0.39, 0.29) is 5.02 Å². The maximum Gasteiger partial charge on any atom is 0.164 e. The molecule has 6 heteroatoms. The summed E-state index contributed by atoms with van der Waals surface area (Å²) < 4.78 is 13.8. The third kappa shape index (κ3) is 2.91. The van der Waals surface area contributed by atoms with Crippen LogP contribution in [0.3, 0.4) is 0 Å². The number of amidine groups is 1. The molecule has 4 nitrogen and oxygen atoms in total. The first-order valence-electron chi connectivity index (χ1n) is 9.45. The largest absolute Gasteiger partial charge is 0.399 e. The minimum atomic E-state index is -1.29. The quantitative estimate of drug-likeness (QED) is 0.391. The van der Waals surface area contributed by atoms with Gasteiger partial charge in [0, 0.05) is 28.1 Å². The molecule has 1 unspecified atom stereocenters. The van der Waals surface area contributed by atoms with Gasteiger partial charge in [-0.05, 0) is 41.1 Å². The second-order valence-corrected chi connectivity index (χ2v) is 7.72. The van der Waals surface area contributed by atoms with E-state index < -0.39 is 11.5 Å². The van der Waals surface area contributed by atoms with E-state index in [1.165, 1.54) is 12.1 Å². The lowest BCUT2D eigenvalue weighted by atomic mass is 9.88. The zero-order chi connectivity index (χ0) is 20.9. The molecule has 1 atom stereocenters. The van der Waals surface area contributed by atoms with E-state index in [0.717, 1.165) is 22.0 Å². The molecule has 1 aliphatic heterocycles. The van der Waals surface area contributed by atoms with Crippen LogP contribution < -0.4 is 16.8 Å². The van der Waals surface area contributed by atoms with Crippen molar-refractivity contribution in [1.82, 2.24) is 0 Å². The highest BCUT2D eigenvalue weighted by molar-refractivity contribution is 6.30. The molecule has 0 aliphatic carbocycles. The number of fused-ring (bicyclic) bond motifs is 2. The SMILES string of the molecule is Nc1ccc2c(c1)C(N)(c1ccc(F)c(Cl)c1)N=C(c1cccc3ccccc13)N2. The molecular formula is C24H18ClFN4. The van der Waals surface area contributed by atoms with Gasteiger partial charge in [0.2, 0.25) is 0 Å². The molecule has 148 valence electrons. The summed E-state index contributed by atoms with van der Waals surface area (Å²) in [5.74, 6) is 0.107. The average molecular weight is 417 g/mol. The Labute approximate surface area is 178 Å². The summed E-state index contributed by atoms with van der Waals surface area (Å²) in [4.78, 5) is 4.90. The maximum atomic E-state index is 13.8. The number of halogens is 2. The van der Waals surface area contributed by atoms with Crippen LogP contribution in [-0.4, -0.2) is 5.84 Å². The van der Waals surface area contributed by atoms with Crippen molar-refractivity contribution in [3.8, 4) is 0 Å². The molecular weight excluding hydrogens is 399 g/mol. The van der Waals surface area contributed by atoms with Crippen LogP contribution in [0.25, 0.3) is 10.8 Å². The number of nitrogens with one attached hydrogen (secondary N) is 1. The number of anilines is 2. The first-order chi connectivity index (χ1) is 14.5. The zero-order valence-electron chi connectivity index (χ0n) is 15.9. The molecule has 0 radical (unpaired) electrons. The van der Waals surface area contributed by atoms with E-state index in [1.54, 1.807) is 18.2 Å². The van der Waals surface area contributed by atoms with Crippen molar-refractivity contribution in [3.05, 3.63) is 106 Å². The predicted molar refractivity (Wildman–Crippen MR) is 121 cm³/mol. The molecule has 0 amide bonds. The van der Waals surface area contributed by atoms with E-state index in [4.69, 9.17) is 28.1 Å². The van der Waals surface area contributed by atoms with Crippen molar-refractivity contribution in [3.63, 3.8) is 0 Å². The number of rotatable bonds is 2. The molecule has 0 spiro atoms. The fraction of sp³-hybridized carbons (Fsp3) is 0.0417. The van der Waals surface area contributed by atoms with Gasteiger partial charge in [-0.15, -0.1) is 0 Å². The lowest BCUT2D eigenvalue weighted by molar-refractivity contribution is 0.564. The number of hydrogen-bond donors (Lipinski definition) is 3. The van der Waals surface area contributed by atoms with E-state index in [9.17, 15) is 4.39 Å². The van der Waals surface area contributed by atoms with Crippen molar-refractivity contribution in [2.24, 2.45) is 10.7 Å². The van der Waals surface area contributed by atoms with Crippen LogP contribution in [0, 0.1) is 5.82 Å². The van der Waals surface area contributed by atoms with Gasteiger partial charge in [-0.3, -0.25) is 5.73 Å². The summed E-state index contributed by atoms with van der Waals surface area (Å²) in [5.41, 5.74) is 15.1. The fourth-order valence-corrected chi connectivity index (χ4v) is 4.07. The lowest BCUT2D eigenvalue weighted by Gasteiger charge is -2.34. The minimum absolute atomic E-state index is 0.0109. The van der Waals surface area contributed by atoms with Crippen LogP contribution in [0.1, 0.15) is 16.7 Å². The third-order valence-corrected chi connectivity index (χ3v) is 5.69. The van der Waals surface area contributed by atoms with E-state index >= 15 is 0 Å². The Balaban J connectivity index is 1.78. The summed E-state index contributed by atoms with van der Waals surface area (Å²) in [6, 6.07) is 24.0. The predicted octanol–water partition coefficient (Wildman–Crippen LogP) is 5.25. The Morgan fingerprint density at radius 3 is 2.57 bits per heavy atom. The molecule has 0 aromatic heterocycles. The van der Waals surface area contributed by atoms with Gasteiger partial charge in [-0.1, -0.05) is 60.1 Å². The highest BCUT2D eigenvalue weighted by Crippen LogP contribution is 2.40. The Bertz CT molecular complexity index is 1330. The Hall–Kier alpha value is -3.41. The summed E-state index contributed by atoms with van der Waals surface area (Å²) in [6.45, 7) is 0. The first-order valence-corrected chi connectivity index (χ1v) is 9.83. The van der Waals surface area contributed by atoms with Crippen LogP contribution in [0.5, 0.6) is 0 Å². The molecule has 5 rings (SSSR count). The van der Waals surface area contributed by atoms with Crippen LogP contribution in [0.2, 0.25) is 5.02 Å². The van der Waals surface area contributed by atoms with E-state index in [0.29, 0.717) is 22.6 Å². The van der Waals surface area contributed by atoms with E-state index in [1.807, 2.05) is 48.5 Å². The van der Waals surface area contributed by atoms with Gasteiger partial charge in [0.1, 0.15) is 11.7 Å². The number of nitrogens with two attached hydrogens (primary N) is 2. The summed E-state index contributed by atoms with van der Waals surface area (Å²) in [5, 5.41) is 5.52. The van der Waals surface area contributed by atoms with Gasteiger partial charge in [0.05, 0.1) is 5.02 Å². The molecule has 1 aliphatic rings. The molecule has 1 heterocycles. The number of hydrogen-bond acceptors (Lipinski definition) is 4. The van der Waals surface area contributed by atoms with Crippen molar-refractivity contribution >= 4 is 39.6 Å². The van der Waals surface area contributed by atoms with Gasteiger partial charge < -0.3 is 11.1 Å². The van der Waals surface area contributed by atoms with Crippen molar-refractivity contribution in [1.29, 1.82) is 0 Å². The molecule has 0 bridgehead atoms. The average Bonchev–Trinajstić information content (AvgIpc) is 2.75. The molecule has 4 aromatic carbocycles. The second kappa shape index (κ2) is 6.83. The molecule has 0 saturated heterocycles. The van der Waals surface area contributed by atoms with E-state index in [2.05, 4.69) is 5.32 Å².